The summed E-state index contributed by atoms with van der Waals surface area (Å²) in [7, 11) is 14.9. The molecule has 0 aliphatic rings. The van der Waals surface area contributed by atoms with Crippen LogP contribution in [0.15, 0.2) is 99.6 Å². The minimum absolute atomic E-state index is 0. The number of aliphatic carboxylic acids is 10. The summed E-state index contributed by atoms with van der Waals surface area (Å²) in [4.78, 5) is 153. The Morgan fingerprint density at radius 2 is 0.644 bits per heavy atom. The number of hydrazone groups is 1. The maximum absolute atomic E-state index is 11.1. The molecule has 2 amide bonds. The van der Waals surface area contributed by atoms with Crippen LogP contribution in [0.25, 0.3) is 0 Å². The van der Waals surface area contributed by atoms with Crippen LogP contribution in [0.3, 0.4) is 0 Å². The number of amidine groups is 1. The molecule has 0 saturated heterocycles. The topological polar surface area (TPSA) is 656 Å². The molecule has 0 aliphatic heterocycles. The molecule has 0 aromatic rings. The predicted molar refractivity (Wildman–Crippen MR) is 279 cm³/mol. The van der Waals surface area contributed by atoms with Gasteiger partial charge in [-0.3, -0.25) is 19.2 Å². The van der Waals surface area contributed by atoms with Crippen LogP contribution < -0.4 is 358 Å². The summed E-state index contributed by atoms with van der Waals surface area (Å²) in [6.45, 7) is 8.56. The normalized spacial score (nSPS) is 8.95. The van der Waals surface area contributed by atoms with Gasteiger partial charge in [0.1, 0.15) is 30.1 Å². The van der Waals surface area contributed by atoms with Crippen LogP contribution in [0.1, 0.15) is 27.7 Å². The van der Waals surface area contributed by atoms with Crippen LogP contribution in [0.2, 0.25) is 0 Å². The number of nitrogens with zero attached hydrogens (tertiary/aromatic N) is 9. The average molecular weight is 1370 g/mol. The molecule has 0 rings (SSSR count). The molecule has 6 N–H and O–H groups in total. The Bertz CT molecular complexity index is 2470. The second-order valence-corrected chi connectivity index (χ2v) is 14.6. The van der Waals surface area contributed by atoms with Crippen LogP contribution in [0, 0.1) is 0 Å². The first kappa shape index (κ1) is 175. The van der Waals surface area contributed by atoms with E-state index >= 15 is 0 Å². The van der Waals surface area contributed by atoms with Crippen molar-refractivity contribution in [1.29, 1.82) is 0 Å². The minimum atomic E-state index is -2.35. The van der Waals surface area contributed by atoms with Crippen LogP contribution >= 0.6 is 0 Å². The fourth-order valence-electron chi connectivity index (χ4n) is 2.35. The number of urea groups is 1. The molecule has 0 fully saturated rings. The van der Waals surface area contributed by atoms with Crippen molar-refractivity contribution in [2.75, 3.05) is 83.1 Å². The first-order chi connectivity index (χ1) is 40.2. The molecule has 496 valence electrons. The number of hydrogen-bond donors (Lipinski definition) is 6. The number of carbonyl (C=O) groups is 15. The monoisotopic (exact) mass is 1370 g/mol. The zero-order chi connectivity index (χ0) is 71.6. The van der Waals surface area contributed by atoms with Crippen LogP contribution in [0.5, 0.6) is 0 Å². The SMILES string of the molecule is CC(=O)C(=O)[O-].CCN(C)/C(O)=C/C=C(\[O-])N(C)C.CCN(C)/C(O)=C/C=C(\[O-])N(C)C.CCN(C)C(=O)N/N=C(\[O-])N(C)C.O=C([O-])/C=C/C(=O)O.O=C([O-])/C=C/C=C/C(=O)O.O=C([O-])/C=N/N=C/C(=O)O.O=C([O-])C(=O)C(=O)C(=O)[O-].O=CC(=O)[O-].[Li+].[Li+].[Li+].[Li+].[Li+].[Li+].[Li+].[Li+].[Li+].[Li+].[Li+].[Li+].[Li+].[Li+].[Li+].[Li+]. The van der Waals surface area contributed by atoms with Crippen LogP contribution in [-0.4, -0.2) is 246 Å². The third-order valence-corrected chi connectivity index (χ3v) is 7.12. The van der Waals surface area contributed by atoms with E-state index in [-0.39, 0.29) is 332 Å². The summed E-state index contributed by atoms with van der Waals surface area (Å²) in [5.41, 5.74) is 2.14. The van der Waals surface area contributed by atoms with Crippen LogP contribution in [0.4, 0.5) is 4.79 Å². The first-order valence-corrected chi connectivity index (χ1v) is 22.8. The summed E-state index contributed by atoms with van der Waals surface area (Å²) in [6, 6.07) is -0.879. The third-order valence-electron chi connectivity index (χ3n) is 7.12. The zero-order valence-corrected chi connectivity index (χ0v) is 65.1. The van der Waals surface area contributed by atoms with Gasteiger partial charge in [-0.15, -0.1) is 0 Å². The van der Waals surface area contributed by atoms with Gasteiger partial charge in [0.25, 0.3) is 0 Å². The number of aliphatic hydroxyl groups excluding tert-OH is 2. The number of carboxylic acids is 10. The van der Waals surface area contributed by atoms with Gasteiger partial charge >= 0.3 is 326 Å². The van der Waals surface area contributed by atoms with Gasteiger partial charge in [-0.25, -0.2) is 24.6 Å². The number of aldehydes is 1. The van der Waals surface area contributed by atoms with E-state index in [4.69, 9.17) is 30.0 Å². The van der Waals surface area contributed by atoms with Gasteiger partial charge in [0, 0.05) is 102 Å². The van der Waals surface area contributed by atoms with Crippen molar-refractivity contribution in [3.63, 3.8) is 0 Å². The molecule has 0 radical (unpaired) electrons. The van der Waals surface area contributed by atoms with Crippen molar-refractivity contribution in [2.24, 2.45) is 15.3 Å². The summed E-state index contributed by atoms with van der Waals surface area (Å²) < 4.78 is 0. The van der Waals surface area contributed by atoms with E-state index in [9.17, 15) is 119 Å². The van der Waals surface area contributed by atoms with E-state index < -0.39 is 89.1 Å². The molecule has 0 aliphatic carbocycles. The number of amides is 2. The molecule has 0 aromatic carbocycles. The van der Waals surface area contributed by atoms with Crippen molar-refractivity contribution in [3.8, 4) is 0 Å². The molecule has 56 heteroatoms. The molecule has 0 spiro atoms. The third kappa shape index (κ3) is 153. The zero-order valence-electron chi connectivity index (χ0n) is 65.1. The molecule has 0 unspecified atom stereocenters. The van der Waals surface area contributed by atoms with Gasteiger partial charge in [-0.2, -0.15) is 15.3 Å². The second-order valence-electron chi connectivity index (χ2n) is 14.6. The quantitative estimate of drug-likeness (QED) is 0.00528. The number of hydrogen-bond acceptors (Lipinski definition) is 34. The van der Waals surface area contributed by atoms with E-state index in [1.54, 1.807) is 73.2 Å². The second kappa shape index (κ2) is 116. The van der Waals surface area contributed by atoms with E-state index in [2.05, 4.69) is 20.7 Å². The molecular formula is C48H64Li16N10O30+6. The Morgan fingerprint density at radius 1 is 0.365 bits per heavy atom. The van der Waals surface area contributed by atoms with Crippen molar-refractivity contribution in [2.45, 2.75) is 27.7 Å². The Labute approximate surface area is 793 Å². The van der Waals surface area contributed by atoms with Gasteiger partial charge in [0.05, 0.1) is 30.1 Å². The summed E-state index contributed by atoms with van der Waals surface area (Å²) in [5.74, 6) is -21.4. The van der Waals surface area contributed by atoms with Crippen molar-refractivity contribution in [3.05, 3.63) is 84.3 Å². The van der Waals surface area contributed by atoms with E-state index in [0.717, 1.165) is 31.2 Å². The van der Waals surface area contributed by atoms with E-state index in [0.29, 0.717) is 44.2 Å². The van der Waals surface area contributed by atoms with Crippen molar-refractivity contribution < 1.29 is 450 Å². The Morgan fingerprint density at radius 3 is 0.837 bits per heavy atom. The number of rotatable bonds is 23. The van der Waals surface area contributed by atoms with E-state index in [1.807, 2.05) is 20.8 Å². The van der Waals surface area contributed by atoms with Crippen molar-refractivity contribution >= 4 is 108 Å². The van der Waals surface area contributed by atoms with Crippen LogP contribution in [-0.2, 0) is 67.1 Å². The molecule has 40 nitrogen and oxygen atoms in total. The van der Waals surface area contributed by atoms with Gasteiger partial charge in [-0.1, -0.05) is 12.2 Å². The maximum Gasteiger partial charge on any atom is 1.00 e. The van der Waals surface area contributed by atoms with Gasteiger partial charge < -0.3 is 140 Å². The summed E-state index contributed by atoms with van der Waals surface area (Å²) in [6.07, 6.45) is 10.7. The molecular weight excluding hydrogens is 1310 g/mol. The molecule has 0 atom stereocenters. The molecule has 0 heterocycles. The fraction of sp³-hybridized carbons (Fsp3) is 0.333. The number of allylic oxidation sites excluding steroid dienone is 6. The summed E-state index contributed by atoms with van der Waals surface area (Å²) >= 11 is 0. The Balaban J connectivity index is -0.0000000291. The van der Waals surface area contributed by atoms with Gasteiger partial charge in [0.15, 0.2) is 23.8 Å². The predicted octanol–water partition coefficient (Wildman–Crippen LogP) is -61.8. The molecule has 104 heavy (non-hydrogen) atoms. The average Bonchev–Trinajstić information content (AvgIpc) is 1.38. The summed E-state index contributed by atoms with van der Waals surface area (Å²) in [5, 5.41) is 150. The number of carbonyl (C=O) groups excluding carboxylic acids is 12. The number of ketones is 3. The number of aliphatic hydroxyl groups is 2. The Kier molecular flexibility index (Phi) is 196. The minimum Gasteiger partial charge on any atom is -0.860 e. The fourth-order valence-corrected chi connectivity index (χ4v) is 2.35. The standard InChI is InChI=1S/2C9H18N2O2.C7H16N4O2.C6H6O4.C4H4N2O4.C4H2O6.C4H4O4.C3H4O3.C2H2O3.16Li/c2*1-5-11(4)9(13)7-6-8(12)10(2)3;1-5-11(4)7(13)9-8-6(12)10(2)3;7-5(8)3-1-2-4-6(9)10;7-3(8)1-5-6-2-4(9)10;5-1(3(7)8)2(6)4(9)10;5-3(6)1-2-4(7)8;1-2(4)3(5)6;3-1-2(4)5;;;;;;;;;;;;;;;;/h2*6-7,12-13H,5H2,1-4H3;5H2,1-4H3,(H,8,12)(H,9,13);1-4H,(H,7,8)(H,9,10);1-2H,(H,7,8)(H,9,10);(H,7,8)(H,9,10);1-2H,(H,5,6)(H,7,8);1H3,(H,5,6);1H,(H,4,5);;;;;;;;;;;;;;;;/q;;;;;;;;;16*+1/p-10/b2*8-6-,9-7-;;3-1+,4-2+;5-1+,6-2+;;2-1+;;;;;;;;;;;;;;;;;;. The number of Topliss-reactive ketones (excluding diaryl/α,β-unsaturated/α-hetero) is 3. The van der Waals surface area contributed by atoms with Gasteiger partial charge in [0.2, 0.25) is 11.6 Å². The number of nitrogens with one attached hydrogen (secondary N) is 1. The molecule has 0 saturated carbocycles. The Hall–Kier alpha value is -2.60. The number of carboxylic acid groups (broad SMARTS) is 10. The molecule has 0 bridgehead atoms. The van der Waals surface area contributed by atoms with Gasteiger partial charge in [-0.05, 0) is 69.0 Å². The largest absolute Gasteiger partial charge is 1.00 e. The maximum atomic E-state index is 11.1. The first-order valence-electron chi connectivity index (χ1n) is 22.8. The molecule has 0 aromatic heterocycles. The smallest absolute Gasteiger partial charge is 0.860 e. The van der Waals surface area contributed by atoms with E-state index in [1.165, 1.54) is 43.9 Å². The van der Waals surface area contributed by atoms with Crippen molar-refractivity contribution in [1.82, 2.24) is 34.8 Å².